The van der Waals surface area contributed by atoms with Crippen molar-refractivity contribution < 1.29 is 19.1 Å². The normalized spacial score (nSPS) is 20.6. The van der Waals surface area contributed by atoms with Crippen LogP contribution in [0.15, 0.2) is 45.2 Å². The Morgan fingerprint density at radius 2 is 1.80 bits per heavy atom. The van der Waals surface area contributed by atoms with E-state index in [1.54, 1.807) is 17.0 Å². The first-order valence-electron chi connectivity index (χ1n) is 14.2. The van der Waals surface area contributed by atoms with Gasteiger partial charge in [0.1, 0.15) is 17.6 Å². The van der Waals surface area contributed by atoms with E-state index in [0.29, 0.717) is 61.2 Å². The van der Waals surface area contributed by atoms with Crippen LogP contribution in [0.25, 0.3) is 0 Å². The summed E-state index contributed by atoms with van der Waals surface area (Å²) in [6.07, 6.45) is 1.25. The van der Waals surface area contributed by atoms with Crippen molar-refractivity contribution in [2.75, 3.05) is 73.1 Å². The van der Waals surface area contributed by atoms with E-state index in [9.17, 15) is 9.59 Å². The second-order valence-electron chi connectivity index (χ2n) is 11.0. The van der Waals surface area contributed by atoms with Gasteiger partial charge in [-0.1, -0.05) is 29.8 Å². The van der Waals surface area contributed by atoms with Crippen molar-refractivity contribution in [3.05, 3.63) is 45.8 Å². The minimum absolute atomic E-state index is 0.156. The molecule has 3 saturated heterocycles. The third kappa shape index (κ3) is 8.05. The summed E-state index contributed by atoms with van der Waals surface area (Å²) in [4.78, 5) is 40.2. The van der Waals surface area contributed by atoms with E-state index in [4.69, 9.17) is 49.9 Å². The summed E-state index contributed by atoms with van der Waals surface area (Å²) in [5.74, 6) is -0.216. The molecule has 3 fully saturated rings. The molecule has 4 rings (SSSR count). The van der Waals surface area contributed by atoms with E-state index in [1.165, 1.54) is 7.11 Å². The van der Waals surface area contributed by atoms with Gasteiger partial charge in [-0.25, -0.2) is 4.99 Å². The number of methoxy groups -OCH3 is 1. The van der Waals surface area contributed by atoms with Gasteiger partial charge in [0.05, 0.1) is 23.2 Å². The van der Waals surface area contributed by atoms with Crippen molar-refractivity contribution in [1.29, 1.82) is 0 Å². The first kappa shape index (κ1) is 33.2. The van der Waals surface area contributed by atoms with Crippen molar-refractivity contribution in [3.63, 3.8) is 0 Å². The third-order valence-corrected chi connectivity index (χ3v) is 8.45. The summed E-state index contributed by atoms with van der Waals surface area (Å²) in [6.45, 7) is 10.4. The molecule has 0 saturated carbocycles. The first-order chi connectivity index (χ1) is 20.9. The molecule has 2 amide bonds. The van der Waals surface area contributed by atoms with E-state index in [1.807, 2.05) is 0 Å². The Kier molecular flexibility index (Phi) is 10.8. The number of nitrogens with zero attached hydrogens (tertiary/aromatic N) is 5. The van der Waals surface area contributed by atoms with Crippen LogP contribution in [0.5, 0.6) is 11.5 Å². The molecule has 0 bridgehead atoms. The molecule has 14 nitrogen and oxygen atoms in total. The number of piperidine rings is 1. The number of piperazine rings is 1. The second-order valence-corrected chi connectivity index (χ2v) is 11.8. The molecule has 8 N–H and O–H groups in total. The number of carbonyl (C=O) groups excluding carboxylic acids is 2. The lowest BCUT2D eigenvalue weighted by molar-refractivity contribution is -0.113. The summed E-state index contributed by atoms with van der Waals surface area (Å²) < 4.78 is 11.5. The van der Waals surface area contributed by atoms with Crippen molar-refractivity contribution >= 4 is 46.8 Å². The molecule has 3 heterocycles. The van der Waals surface area contributed by atoms with Gasteiger partial charge in [0.25, 0.3) is 11.8 Å². The zero-order chi connectivity index (χ0) is 32.0. The van der Waals surface area contributed by atoms with E-state index in [0.717, 1.165) is 32.7 Å². The Morgan fingerprint density at radius 1 is 1.11 bits per heavy atom. The quantitative estimate of drug-likeness (QED) is 0.106. The maximum absolute atomic E-state index is 13.4. The molecule has 0 radical (unpaired) electrons. The number of rotatable bonds is 9. The number of hydrogen-bond acceptors (Lipinski definition) is 9. The fourth-order valence-corrected chi connectivity index (χ4v) is 5.45. The first-order valence-corrected chi connectivity index (χ1v) is 15.0. The zero-order valence-corrected chi connectivity index (χ0v) is 26.5. The number of nitrogens with two attached hydrogens (primary N) is 3. The van der Waals surface area contributed by atoms with Gasteiger partial charge < -0.3 is 47.1 Å². The van der Waals surface area contributed by atoms with Gasteiger partial charge in [0.15, 0.2) is 23.3 Å². The zero-order valence-electron chi connectivity index (χ0n) is 25.0. The molecule has 44 heavy (non-hydrogen) atoms. The predicted octanol–water partition coefficient (Wildman–Crippen LogP) is 0.221. The standard InChI is InChI=1S/C28H40Cl2N10O4/c1-17(23(32)35-24(33)22(30)31)25(41)36-27-34-16-28(37-27)4-6-40(7-5-28)26(42)18-14-19(29)21(20(15-18)43-3)44-13-12-39-10-8-38(2)9-11-39/h14-15H,1,4-13,16,31,33H2,2-3H3,(H2,32,35)(H2,34,36,37,41)/b24-22-. The van der Waals surface area contributed by atoms with E-state index in [-0.39, 0.29) is 39.8 Å². The number of ether oxygens (including phenoxy) is 2. The number of amides is 2. The summed E-state index contributed by atoms with van der Waals surface area (Å²) in [5, 5.41) is 6.46. The van der Waals surface area contributed by atoms with Crippen LogP contribution < -0.4 is 37.3 Å². The number of guanidine groups is 1. The van der Waals surface area contributed by atoms with Crippen LogP contribution in [0.1, 0.15) is 23.2 Å². The Hall–Kier alpha value is -3.72. The van der Waals surface area contributed by atoms with Gasteiger partial charge in [-0.2, -0.15) is 4.99 Å². The fraction of sp³-hybridized carbons (Fsp3) is 0.500. The van der Waals surface area contributed by atoms with Gasteiger partial charge in [0, 0.05) is 57.9 Å². The highest BCUT2D eigenvalue weighted by Gasteiger charge is 2.41. The molecule has 3 aliphatic heterocycles. The molecule has 0 unspecified atom stereocenters. The van der Waals surface area contributed by atoms with Crippen molar-refractivity contribution in [2.45, 2.75) is 18.4 Å². The Labute approximate surface area is 266 Å². The third-order valence-electron chi connectivity index (χ3n) is 7.98. The van der Waals surface area contributed by atoms with Crippen LogP contribution in [0.2, 0.25) is 5.02 Å². The molecular weight excluding hydrogens is 611 g/mol. The van der Waals surface area contributed by atoms with Crippen molar-refractivity contribution in [1.82, 2.24) is 25.3 Å². The SMILES string of the molecule is C=C(C(=O)/N=C1\NCC2(CCN(C(=O)c3cc(Cl)c(OCCN4CCN(C)CC4)c(OC)c3)CC2)N1)/C(N)=N\C(N)=C(/N)Cl. The molecule has 3 aliphatic rings. The lowest BCUT2D eigenvalue weighted by Gasteiger charge is -2.38. The van der Waals surface area contributed by atoms with E-state index >= 15 is 0 Å². The molecular formula is C28H40Cl2N10O4. The van der Waals surface area contributed by atoms with Gasteiger partial charge in [-0.05, 0) is 32.0 Å². The Bertz CT molecular complexity index is 1360. The molecule has 16 heteroatoms. The van der Waals surface area contributed by atoms with E-state index < -0.39 is 5.91 Å². The molecule has 0 aliphatic carbocycles. The van der Waals surface area contributed by atoms with Gasteiger partial charge in [-0.15, -0.1) is 0 Å². The summed E-state index contributed by atoms with van der Waals surface area (Å²) in [7, 11) is 3.65. The largest absolute Gasteiger partial charge is 0.493 e. The number of likely N-dealkylation sites (tertiary alicyclic amines) is 1. The number of hydrogen-bond donors (Lipinski definition) is 5. The number of carbonyl (C=O) groups is 2. The smallest absolute Gasteiger partial charge is 0.283 e. The van der Waals surface area contributed by atoms with Gasteiger partial charge >= 0.3 is 0 Å². The Morgan fingerprint density at radius 3 is 2.43 bits per heavy atom. The van der Waals surface area contributed by atoms with Crippen LogP contribution >= 0.6 is 23.2 Å². The average Bonchev–Trinajstić information content (AvgIpc) is 3.39. The summed E-state index contributed by atoms with van der Waals surface area (Å²) in [5.41, 5.74) is 16.6. The van der Waals surface area contributed by atoms with Crippen LogP contribution in [0, 0.1) is 0 Å². The molecule has 1 spiro atoms. The van der Waals surface area contributed by atoms with Crippen LogP contribution in [0.4, 0.5) is 0 Å². The number of amidine groups is 1. The molecule has 0 aromatic heterocycles. The molecule has 240 valence electrons. The minimum Gasteiger partial charge on any atom is -0.493 e. The second kappa shape index (κ2) is 14.4. The monoisotopic (exact) mass is 650 g/mol. The summed E-state index contributed by atoms with van der Waals surface area (Å²) >= 11 is 12.2. The van der Waals surface area contributed by atoms with Gasteiger partial charge in [-0.3, -0.25) is 14.5 Å². The van der Waals surface area contributed by atoms with E-state index in [2.05, 4.69) is 44.0 Å². The van der Waals surface area contributed by atoms with Crippen LogP contribution in [0.3, 0.4) is 0 Å². The maximum Gasteiger partial charge on any atom is 0.283 e. The number of likely N-dealkylation sites (N-methyl/N-ethyl adjacent to an activating group) is 1. The Balaban J connectivity index is 1.32. The average molecular weight is 652 g/mol. The number of halogens is 2. The summed E-state index contributed by atoms with van der Waals surface area (Å²) in [6, 6.07) is 3.29. The minimum atomic E-state index is -0.704. The van der Waals surface area contributed by atoms with Gasteiger partial charge in [0.2, 0.25) is 0 Å². The molecule has 1 aromatic carbocycles. The lowest BCUT2D eigenvalue weighted by Crippen LogP contribution is -2.53. The van der Waals surface area contributed by atoms with Crippen LogP contribution in [-0.4, -0.2) is 117 Å². The number of nitrogens with one attached hydrogen (secondary N) is 2. The number of benzene rings is 1. The molecule has 1 aromatic rings. The highest BCUT2D eigenvalue weighted by Crippen LogP contribution is 2.37. The highest BCUT2D eigenvalue weighted by molar-refractivity contribution is 6.32. The maximum atomic E-state index is 13.4. The van der Waals surface area contributed by atoms with Crippen molar-refractivity contribution in [3.8, 4) is 11.5 Å². The fourth-order valence-electron chi connectivity index (χ4n) is 5.14. The number of aliphatic imine (C=N–C) groups is 2. The highest BCUT2D eigenvalue weighted by atomic mass is 35.5. The molecule has 0 atom stereocenters. The topological polar surface area (TPSA) is 189 Å². The van der Waals surface area contributed by atoms with Crippen molar-refractivity contribution in [2.24, 2.45) is 27.2 Å². The predicted molar refractivity (Wildman–Crippen MR) is 171 cm³/mol. The lowest BCUT2D eigenvalue weighted by atomic mass is 9.88. The van der Waals surface area contributed by atoms with Crippen LogP contribution in [-0.2, 0) is 4.79 Å².